The Labute approximate surface area is 123 Å². The fraction of sp³-hybridized carbons (Fsp3) is 0.545. The number of nitrogens with two attached hydrogens (primary N) is 2. The summed E-state index contributed by atoms with van der Waals surface area (Å²) in [5.74, 6) is -0.550. The van der Waals surface area contributed by atoms with Crippen molar-refractivity contribution >= 4 is 28.3 Å². The molecule has 1 aliphatic carbocycles. The Hall–Kier alpha value is -1.09. The maximum absolute atomic E-state index is 12.0. The van der Waals surface area contributed by atoms with Crippen molar-refractivity contribution in [3.05, 3.63) is 17.9 Å². The van der Waals surface area contributed by atoms with Crippen molar-refractivity contribution in [2.75, 3.05) is 6.54 Å². The van der Waals surface area contributed by atoms with Crippen LogP contribution >= 0.6 is 12.4 Å². The van der Waals surface area contributed by atoms with Gasteiger partial charge < -0.3 is 15.5 Å². The summed E-state index contributed by atoms with van der Waals surface area (Å²) in [5.41, 5.74) is 5.30. The Bertz CT molecular complexity index is 578. The van der Waals surface area contributed by atoms with E-state index in [0.717, 1.165) is 31.7 Å². The second-order valence-electron chi connectivity index (χ2n) is 4.81. The molecule has 9 heteroatoms. The summed E-state index contributed by atoms with van der Waals surface area (Å²) >= 11 is 0. The molecule has 114 valence electrons. The lowest BCUT2D eigenvalue weighted by Crippen LogP contribution is -2.51. The van der Waals surface area contributed by atoms with Crippen molar-refractivity contribution in [1.29, 1.82) is 0 Å². The van der Waals surface area contributed by atoms with Crippen LogP contribution in [0.25, 0.3) is 0 Å². The van der Waals surface area contributed by atoms with Gasteiger partial charge in [0, 0.05) is 6.54 Å². The quantitative estimate of drug-likeness (QED) is 0.736. The van der Waals surface area contributed by atoms with Crippen molar-refractivity contribution < 1.29 is 17.6 Å². The van der Waals surface area contributed by atoms with Gasteiger partial charge in [-0.3, -0.25) is 4.79 Å². The molecule has 1 heterocycles. The van der Waals surface area contributed by atoms with Gasteiger partial charge in [-0.05, 0) is 25.0 Å². The maximum atomic E-state index is 12.0. The van der Waals surface area contributed by atoms with Gasteiger partial charge in [0.15, 0.2) is 5.76 Å². The fourth-order valence-electron chi connectivity index (χ4n) is 2.33. The minimum Gasteiger partial charge on any atom is -0.438 e. The summed E-state index contributed by atoms with van der Waals surface area (Å²) in [6.45, 7) is 0.349. The van der Waals surface area contributed by atoms with E-state index in [9.17, 15) is 13.2 Å². The molecule has 0 bridgehead atoms. The molecule has 1 saturated carbocycles. The Morgan fingerprint density at radius 1 is 1.35 bits per heavy atom. The zero-order valence-corrected chi connectivity index (χ0v) is 12.4. The Morgan fingerprint density at radius 2 is 1.95 bits per heavy atom. The first-order valence-electron chi connectivity index (χ1n) is 6.02. The number of carbonyl (C=O) groups excluding carboxylic acids is 1. The summed E-state index contributed by atoms with van der Waals surface area (Å²) in [6, 6.07) is 2.45. The lowest BCUT2D eigenvalue weighted by molar-refractivity contribution is 0.0869. The van der Waals surface area contributed by atoms with Crippen LogP contribution in [-0.2, 0) is 10.0 Å². The molecule has 1 aromatic heterocycles. The average Bonchev–Trinajstić information content (AvgIpc) is 2.97. The van der Waals surface area contributed by atoms with Crippen molar-refractivity contribution in [1.82, 2.24) is 5.32 Å². The molecule has 0 saturated heterocycles. The fourth-order valence-corrected chi connectivity index (χ4v) is 2.79. The third-order valence-corrected chi connectivity index (χ3v) is 4.20. The van der Waals surface area contributed by atoms with E-state index in [-0.39, 0.29) is 18.2 Å². The van der Waals surface area contributed by atoms with E-state index in [1.54, 1.807) is 0 Å². The standard InChI is InChI=1S/C11H17N3O4S.ClH/c12-7-11(5-1-2-6-11)14-10(15)8-3-4-9(18-8)19(13,16)17;/h3-4H,1-2,5-7,12H2,(H,14,15)(H2,13,16,17);1H. The van der Waals surface area contributed by atoms with Crippen LogP contribution in [-0.4, -0.2) is 26.4 Å². The molecule has 0 unspecified atom stereocenters. The Balaban J connectivity index is 0.00000200. The van der Waals surface area contributed by atoms with Crippen LogP contribution < -0.4 is 16.2 Å². The normalized spacial score (nSPS) is 17.5. The highest BCUT2D eigenvalue weighted by Crippen LogP contribution is 2.29. The second kappa shape index (κ2) is 6.13. The highest BCUT2D eigenvalue weighted by atomic mass is 35.5. The van der Waals surface area contributed by atoms with Crippen LogP contribution in [0.1, 0.15) is 36.2 Å². The Kier molecular flexibility index (Phi) is 5.20. The van der Waals surface area contributed by atoms with Crippen molar-refractivity contribution in [3.8, 4) is 0 Å². The number of halogens is 1. The largest absolute Gasteiger partial charge is 0.438 e. The number of primary sulfonamides is 1. The third kappa shape index (κ3) is 3.51. The highest BCUT2D eigenvalue weighted by Gasteiger charge is 2.34. The van der Waals surface area contributed by atoms with Gasteiger partial charge in [0.25, 0.3) is 15.9 Å². The van der Waals surface area contributed by atoms with Crippen LogP contribution in [0.3, 0.4) is 0 Å². The molecule has 0 aliphatic heterocycles. The number of hydrogen-bond donors (Lipinski definition) is 3. The van der Waals surface area contributed by atoms with E-state index >= 15 is 0 Å². The number of hydrogen-bond acceptors (Lipinski definition) is 5. The predicted octanol–water partition coefficient (Wildman–Crippen LogP) is 0.350. The average molecular weight is 324 g/mol. The van der Waals surface area contributed by atoms with E-state index < -0.39 is 26.6 Å². The van der Waals surface area contributed by atoms with E-state index in [4.69, 9.17) is 15.3 Å². The van der Waals surface area contributed by atoms with E-state index in [1.165, 1.54) is 6.07 Å². The van der Waals surface area contributed by atoms with Gasteiger partial charge in [0.2, 0.25) is 5.09 Å². The minimum absolute atomic E-state index is 0. The summed E-state index contributed by atoms with van der Waals surface area (Å²) in [4.78, 5) is 12.0. The molecule has 1 aromatic rings. The smallest absolute Gasteiger partial charge is 0.287 e. The van der Waals surface area contributed by atoms with Crippen LogP contribution in [0.2, 0.25) is 0 Å². The van der Waals surface area contributed by atoms with Gasteiger partial charge in [-0.15, -0.1) is 12.4 Å². The number of rotatable bonds is 4. The summed E-state index contributed by atoms with van der Waals surface area (Å²) in [7, 11) is -3.93. The Morgan fingerprint density at radius 3 is 2.40 bits per heavy atom. The first kappa shape index (κ1) is 17.0. The minimum atomic E-state index is -3.93. The molecule has 0 aromatic carbocycles. The first-order chi connectivity index (χ1) is 8.86. The van der Waals surface area contributed by atoms with Crippen molar-refractivity contribution in [2.45, 2.75) is 36.3 Å². The van der Waals surface area contributed by atoms with Crippen molar-refractivity contribution in [3.63, 3.8) is 0 Å². The zero-order valence-electron chi connectivity index (χ0n) is 10.8. The summed E-state index contributed by atoms with van der Waals surface area (Å²) < 4.78 is 27.1. The molecule has 1 aliphatic rings. The number of nitrogens with one attached hydrogen (secondary N) is 1. The van der Waals surface area contributed by atoms with Crippen LogP contribution in [0, 0.1) is 0 Å². The van der Waals surface area contributed by atoms with Crippen LogP contribution in [0.15, 0.2) is 21.6 Å². The zero-order chi connectivity index (χ0) is 14.1. The number of amides is 1. The lowest BCUT2D eigenvalue weighted by Gasteiger charge is -2.28. The topological polar surface area (TPSA) is 128 Å². The third-order valence-electron chi connectivity index (χ3n) is 3.42. The van der Waals surface area contributed by atoms with Gasteiger partial charge in [-0.25, -0.2) is 13.6 Å². The highest BCUT2D eigenvalue weighted by molar-refractivity contribution is 7.89. The number of sulfonamides is 1. The van der Waals surface area contributed by atoms with Gasteiger partial charge in [-0.2, -0.15) is 0 Å². The lowest BCUT2D eigenvalue weighted by atomic mass is 9.98. The predicted molar refractivity (Wildman–Crippen MR) is 75.0 cm³/mol. The molecule has 1 amide bonds. The molecule has 0 spiro atoms. The molecule has 7 nitrogen and oxygen atoms in total. The summed E-state index contributed by atoms with van der Waals surface area (Å²) in [6.07, 6.45) is 3.66. The van der Waals surface area contributed by atoms with Gasteiger partial charge in [0.05, 0.1) is 5.54 Å². The van der Waals surface area contributed by atoms with E-state index in [1.807, 2.05) is 0 Å². The molecule has 20 heavy (non-hydrogen) atoms. The van der Waals surface area contributed by atoms with E-state index in [2.05, 4.69) is 5.32 Å². The molecular weight excluding hydrogens is 306 g/mol. The van der Waals surface area contributed by atoms with Gasteiger partial charge in [0.1, 0.15) is 0 Å². The summed E-state index contributed by atoms with van der Waals surface area (Å²) in [5, 5.41) is 7.32. The molecular formula is C11H18ClN3O4S. The molecule has 2 rings (SSSR count). The van der Waals surface area contributed by atoms with Crippen LogP contribution in [0.5, 0.6) is 0 Å². The first-order valence-corrected chi connectivity index (χ1v) is 7.56. The molecule has 5 N–H and O–H groups in total. The molecule has 0 atom stereocenters. The molecule has 0 radical (unpaired) electrons. The number of furan rings is 1. The van der Waals surface area contributed by atoms with Gasteiger partial charge in [-0.1, -0.05) is 12.8 Å². The van der Waals surface area contributed by atoms with E-state index in [0.29, 0.717) is 6.54 Å². The second-order valence-corrected chi connectivity index (χ2v) is 6.30. The SMILES string of the molecule is Cl.NCC1(NC(=O)c2ccc(S(N)(=O)=O)o2)CCCC1. The number of carbonyl (C=O) groups is 1. The molecule has 1 fully saturated rings. The van der Waals surface area contributed by atoms with Crippen molar-refractivity contribution in [2.24, 2.45) is 10.9 Å². The van der Waals surface area contributed by atoms with Crippen LogP contribution in [0.4, 0.5) is 0 Å². The van der Waals surface area contributed by atoms with Gasteiger partial charge >= 0.3 is 0 Å². The monoisotopic (exact) mass is 323 g/mol. The maximum Gasteiger partial charge on any atom is 0.287 e.